The molecule has 2 fully saturated rings. The van der Waals surface area contributed by atoms with E-state index in [0.29, 0.717) is 29.8 Å². The number of anilines is 1. The van der Waals surface area contributed by atoms with E-state index in [9.17, 15) is 14.0 Å². The van der Waals surface area contributed by atoms with E-state index in [-0.39, 0.29) is 35.1 Å². The predicted octanol–water partition coefficient (Wildman–Crippen LogP) is 6.65. The highest BCUT2D eigenvalue weighted by Gasteiger charge is 2.34. The Morgan fingerprint density at radius 1 is 1.02 bits per heavy atom. The first-order valence-corrected chi connectivity index (χ1v) is 14.5. The average Bonchev–Trinajstić information content (AvgIpc) is 2.96. The van der Waals surface area contributed by atoms with Gasteiger partial charge in [0, 0.05) is 48.8 Å². The number of rotatable bonds is 8. The van der Waals surface area contributed by atoms with E-state index in [1.165, 1.54) is 6.07 Å². The summed E-state index contributed by atoms with van der Waals surface area (Å²) in [6, 6.07) is 16.8. The number of nitrogens with two attached hydrogens (primary N) is 1. The fraction of sp³-hybridized carbons (Fsp3) is 0.424. The van der Waals surface area contributed by atoms with Gasteiger partial charge in [-0.3, -0.25) is 9.59 Å². The first-order chi connectivity index (χ1) is 19.3. The van der Waals surface area contributed by atoms with Crippen LogP contribution in [0.2, 0.25) is 0 Å². The molecule has 2 amide bonds. The average molecular weight is 543 g/mol. The zero-order valence-electron chi connectivity index (χ0n) is 23.5. The molecule has 2 aromatic carbocycles. The molecule has 0 unspecified atom stereocenters. The van der Waals surface area contributed by atoms with Crippen molar-refractivity contribution in [2.45, 2.75) is 76.3 Å². The summed E-state index contributed by atoms with van der Waals surface area (Å²) in [5.74, 6) is 0.411. The van der Waals surface area contributed by atoms with E-state index in [2.05, 4.69) is 22.4 Å². The van der Waals surface area contributed by atoms with Crippen LogP contribution in [0.1, 0.15) is 70.3 Å². The Kier molecular flexibility index (Phi) is 8.31. The highest BCUT2D eigenvalue weighted by atomic mass is 19.1. The lowest BCUT2D eigenvalue weighted by molar-refractivity contribution is -0.132. The van der Waals surface area contributed by atoms with Gasteiger partial charge in [-0.25, -0.2) is 9.37 Å². The van der Waals surface area contributed by atoms with Crippen molar-refractivity contribution in [3.63, 3.8) is 0 Å². The van der Waals surface area contributed by atoms with Crippen LogP contribution < -0.4 is 11.1 Å². The molecule has 0 bridgehead atoms. The maximum absolute atomic E-state index is 15.0. The van der Waals surface area contributed by atoms with Gasteiger partial charge in [0.2, 0.25) is 11.8 Å². The Morgan fingerprint density at radius 3 is 2.35 bits per heavy atom. The Bertz CT molecular complexity index is 1360. The van der Waals surface area contributed by atoms with Crippen LogP contribution in [0.15, 0.2) is 60.8 Å². The highest BCUT2D eigenvalue weighted by molar-refractivity contribution is 5.92. The van der Waals surface area contributed by atoms with E-state index in [0.717, 1.165) is 61.6 Å². The van der Waals surface area contributed by atoms with Gasteiger partial charge in [-0.2, -0.15) is 0 Å². The number of aromatic nitrogens is 1. The molecule has 0 spiro atoms. The van der Waals surface area contributed by atoms with Gasteiger partial charge in [0.25, 0.3) is 0 Å². The molecule has 5 rings (SSSR count). The third-order valence-corrected chi connectivity index (χ3v) is 8.89. The van der Waals surface area contributed by atoms with Crippen LogP contribution in [0.25, 0.3) is 22.3 Å². The first kappa shape index (κ1) is 28.0. The molecule has 0 saturated heterocycles. The second-order valence-electron chi connectivity index (χ2n) is 11.5. The van der Waals surface area contributed by atoms with Crippen molar-refractivity contribution in [2.75, 3.05) is 12.4 Å². The topological polar surface area (TPSA) is 88.3 Å². The number of pyridine rings is 1. The van der Waals surface area contributed by atoms with Crippen LogP contribution in [0.3, 0.4) is 0 Å². The molecule has 1 aromatic heterocycles. The molecule has 3 aromatic rings. The number of carbonyl (C=O) groups excluding carboxylic acids is 2. The monoisotopic (exact) mass is 542 g/mol. The van der Waals surface area contributed by atoms with Crippen LogP contribution in [0.5, 0.6) is 0 Å². The van der Waals surface area contributed by atoms with Gasteiger partial charge in [-0.05, 0) is 79.7 Å². The highest BCUT2D eigenvalue weighted by Crippen LogP contribution is 2.40. The normalized spacial score (nSPS) is 19.9. The molecule has 40 heavy (non-hydrogen) atoms. The summed E-state index contributed by atoms with van der Waals surface area (Å²) in [5, 5.41) is 2.95. The van der Waals surface area contributed by atoms with Crippen LogP contribution in [0, 0.1) is 11.7 Å². The van der Waals surface area contributed by atoms with Crippen LogP contribution >= 0.6 is 0 Å². The zero-order chi connectivity index (χ0) is 28.3. The minimum absolute atomic E-state index is 0.0979. The van der Waals surface area contributed by atoms with Crippen molar-refractivity contribution in [1.82, 2.24) is 9.88 Å². The molecule has 0 atom stereocenters. The molecule has 1 heterocycles. The summed E-state index contributed by atoms with van der Waals surface area (Å²) >= 11 is 0. The zero-order valence-corrected chi connectivity index (χ0v) is 23.5. The number of amides is 2. The summed E-state index contributed by atoms with van der Waals surface area (Å²) in [4.78, 5) is 31.4. The second-order valence-corrected chi connectivity index (χ2v) is 11.5. The molecule has 0 radical (unpaired) electrons. The Morgan fingerprint density at radius 2 is 1.73 bits per heavy atom. The maximum Gasteiger partial charge on any atom is 0.225 e. The summed E-state index contributed by atoms with van der Waals surface area (Å²) in [5.41, 5.74) is 10.2. The lowest BCUT2D eigenvalue weighted by Crippen LogP contribution is -2.43. The van der Waals surface area contributed by atoms with Crippen molar-refractivity contribution >= 4 is 17.6 Å². The molecular formula is C33H39FN4O2. The molecule has 3 N–H and O–H groups in total. The molecular weight excluding hydrogens is 503 g/mol. The molecule has 0 aliphatic heterocycles. The Hall–Kier alpha value is -3.58. The Balaban J connectivity index is 1.31. The van der Waals surface area contributed by atoms with E-state index in [4.69, 9.17) is 5.73 Å². The van der Waals surface area contributed by atoms with Crippen LogP contribution in [0.4, 0.5) is 10.2 Å². The van der Waals surface area contributed by atoms with Crippen molar-refractivity contribution in [3.8, 4) is 22.3 Å². The van der Waals surface area contributed by atoms with E-state index in [1.807, 2.05) is 31.0 Å². The fourth-order valence-electron chi connectivity index (χ4n) is 6.13. The van der Waals surface area contributed by atoms with Gasteiger partial charge in [0.15, 0.2) is 0 Å². The largest absolute Gasteiger partial charge is 0.343 e. The third kappa shape index (κ3) is 5.94. The van der Waals surface area contributed by atoms with Crippen molar-refractivity contribution < 1.29 is 14.0 Å². The smallest absolute Gasteiger partial charge is 0.225 e. The first-order valence-electron chi connectivity index (χ1n) is 14.5. The number of hydrogen-bond donors (Lipinski definition) is 2. The number of nitrogens with zero attached hydrogens (tertiary/aromatic N) is 2. The lowest BCUT2D eigenvalue weighted by Gasteiger charge is -2.38. The SMILES string of the molecule is CCC(=O)N(C)[C@H]1CC[C@H](CC(=O)Nc2cc(-c3ccccc3F)c(-c3ccc(C4(N)CCC4)cc3)cn2)CC1. The fourth-order valence-corrected chi connectivity index (χ4v) is 6.13. The third-order valence-electron chi connectivity index (χ3n) is 8.89. The minimum Gasteiger partial charge on any atom is -0.343 e. The Labute approximate surface area is 236 Å². The van der Waals surface area contributed by atoms with E-state index >= 15 is 0 Å². The molecule has 210 valence electrons. The summed E-state index contributed by atoms with van der Waals surface area (Å²) in [6.07, 6.45) is 9.38. The van der Waals surface area contributed by atoms with Crippen LogP contribution in [-0.4, -0.2) is 34.8 Å². The van der Waals surface area contributed by atoms with Crippen LogP contribution in [-0.2, 0) is 15.1 Å². The summed E-state index contributed by atoms with van der Waals surface area (Å²) in [7, 11) is 1.88. The van der Waals surface area contributed by atoms with Gasteiger partial charge >= 0.3 is 0 Å². The molecule has 7 heteroatoms. The molecule has 2 aliphatic rings. The molecule has 2 aliphatic carbocycles. The number of halogens is 1. The quantitative estimate of drug-likeness (QED) is 0.334. The summed E-state index contributed by atoms with van der Waals surface area (Å²) in [6.45, 7) is 1.88. The molecule has 2 saturated carbocycles. The van der Waals surface area contributed by atoms with Gasteiger partial charge < -0.3 is 16.0 Å². The maximum atomic E-state index is 15.0. The second kappa shape index (κ2) is 11.9. The van der Waals surface area contributed by atoms with Gasteiger partial charge in [0.05, 0.1) is 0 Å². The lowest BCUT2D eigenvalue weighted by atomic mass is 9.72. The van der Waals surface area contributed by atoms with E-state index in [1.54, 1.807) is 30.5 Å². The number of hydrogen-bond acceptors (Lipinski definition) is 4. The minimum atomic E-state index is -0.331. The molecule has 6 nitrogen and oxygen atoms in total. The van der Waals surface area contributed by atoms with Crippen molar-refractivity contribution in [3.05, 3.63) is 72.2 Å². The number of nitrogens with one attached hydrogen (secondary N) is 1. The number of carbonyl (C=O) groups is 2. The summed E-state index contributed by atoms with van der Waals surface area (Å²) < 4.78 is 15.0. The van der Waals surface area contributed by atoms with E-state index < -0.39 is 0 Å². The standard InChI is InChI=1S/C33H39FN4O2/c1-3-32(40)38(2)25-15-9-22(10-16-25)19-31(39)37-30-20-27(26-7-4-5-8-29(26)34)28(21-36-30)23-11-13-24(14-12-23)33(35)17-6-18-33/h4-5,7-8,11-14,20-22,25H,3,6,9-10,15-19,35H2,1-2H3,(H,36,37,39)/t22-,25-. The van der Waals surface area contributed by atoms with Gasteiger partial charge in [0.1, 0.15) is 11.6 Å². The van der Waals surface area contributed by atoms with Crippen molar-refractivity contribution in [1.29, 1.82) is 0 Å². The van der Waals surface area contributed by atoms with Crippen molar-refractivity contribution in [2.24, 2.45) is 11.7 Å². The predicted molar refractivity (Wildman–Crippen MR) is 157 cm³/mol. The van der Waals surface area contributed by atoms with Gasteiger partial charge in [-0.15, -0.1) is 0 Å². The van der Waals surface area contributed by atoms with Gasteiger partial charge in [-0.1, -0.05) is 49.4 Å². The number of benzene rings is 2.